The number of nitrogens with two attached hydrogens (primary N) is 1. The number of aryl methyl sites for hydroxylation is 1. The van der Waals surface area contributed by atoms with E-state index in [1.54, 1.807) is 32.2 Å². The molecule has 1 saturated heterocycles. The molecule has 5 nitrogen and oxygen atoms in total. The molecule has 19 heavy (non-hydrogen) atoms. The first-order chi connectivity index (χ1) is 8.95. The third-order valence-electron chi connectivity index (χ3n) is 3.42. The first-order valence-electron chi connectivity index (χ1n) is 6.35. The number of rotatable bonds is 3. The molecule has 2 rings (SSSR count). The molecule has 106 valence electrons. The maximum Gasteiger partial charge on any atom is 0.243 e. The van der Waals surface area contributed by atoms with Crippen molar-refractivity contribution < 1.29 is 13.2 Å². The first-order valence-corrected chi connectivity index (χ1v) is 7.79. The molecule has 1 aromatic carbocycles. The predicted octanol–water partition coefficient (Wildman–Crippen LogP) is 1.12. The second kappa shape index (κ2) is 5.48. The van der Waals surface area contributed by atoms with E-state index >= 15 is 0 Å². The number of hydrogen-bond acceptors (Lipinski definition) is 4. The Balaban J connectivity index is 2.33. The molecule has 0 radical (unpaired) electrons. The van der Waals surface area contributed by atoms with E-state index in [4.69, 9.17) is 10.5 Å². The SMILES string of the molecule is COc1ccc(S(=O)(=O)N2CCC[C@H](N)C2)c(C)c1. The minimum atomic E-state index is -3.45. The Kier molecular flexibility index (Phi) is 4.13. The number of ether oxygens (including phenoxy) is 1. The molecule has 1 fully saturated rings. The van der Waals surface area contributed by atoms with E-state index in [-0.39, 0.29) is 6.04 Å². The number of benzene rings is 1. The van der Waals surface area contributed by atoms with E-state index in [0.29, 0.717) is 29.3 Å². The van der Waals surface area contributed by atoms with Crippen LogP contribution in [-0.4, -0.2) is 39.0 Å². The average molecular weight is 284 g/mol. The molecule has 1 aliphatic rings. The van der Waals surface area contributed by atoms with E-state index in [9.17, 15) is 8.42 Å². The van der Waals surface area contributed by atoms with Gasteiger partial charge in [-0.1, -0.05) is 0 Å². The van der Waals surface area contributed by atoms with Gasteiger partial charge in [0.2, 0.25) is 10.0 Å². The van der Waals surface area contributed by atoms with Gasteiger partial charge in [-0.3, -0.25) is 0 Å². The standard InChI is InChI=1S/C13H20N2O3S/c1-10-8-12(18-2)5-6-13(10)19(16,17)15-7-3-4-11(14)9-15/h5-6,8,11H,3-4,7,9,14H2,1-2H3/t11-/m0/s1. The van der Waals surface area contributed by atoms with Crippen molar-refractivity contribution in [1.82, 2.24) is 4.31 Å². The van der Waals surface area contributed by atoms with Gasteiger partial charge in [-0.15, -0.1) is 0 Å². The van der Waals surface area contributed by atoms with Crippen LogP contribution in [0.25, 0.3) is 0 Å². The molecule has 1 atom stereocenters. The van der Waals surface area contributed by atoms with Gasteiger partial charge in [0.15, 0.2) is 0 Å². The predicted molar refractivity (Wildman–Crippen MR) is 73.7 cm³/mol. The summed E-state index contributed by atoms with van der Waals surface area (Å²) in [5.41, 5.74) is 6.55. The third kappa shape index (κ3) is 2.91. The lowest BCUT2D eigenvalue weighted by molar-refractivity contribution is 0.316. The van der Waals surface area contributed by atoms with Crippen LogP contribution in [0.1, 0.15) is 18.4 Å². The zero-order valence-corrected chi connectivity index (χ0v) is 12.1. The van der Waals surface area contributed by atoms with Crippen molar-refractivity contribution in [3.05, 3.63) is 23.8 Å². The van der Waals surface area contributed by atoms with Crippen LogP contribution < -0.4 is 10.5 Å². The molecule has 2 N–H and O–H groups in total. The average Bonchev–Trinajstić information content (AvgIpc) is 2.38. The molecule has 0 aliphatic carbocycles. The summed E-state index contributed by atoms with van der Waals surface area (Å²) in [5, 5.41) is 0. The third-order valence-corrected chi connectivity index (χ3v) is 5.45. The zero-order chi connectivity index (χ0) is 14.0. The second-order valence-electron chi connectivity index (χ2n) is 4.90. The van der Waals surface area contributed by atoms with Crippen LogP contribution in [0.4, 0.5) is 0 Å². The normalized spacial score (nSPS) is 21.3. The number of nitrogens with zero attached hydrogens (tertiary/aromatic N) is 1. The van der Waals surface area contributed by atoms with Crippen LogP contribution in [0.3, 0.4) is 0 Å². The molecule has 1 aliphatic heterocycles. The van der Waals surface area contributed by atoms with Crippen LogP contribution >= 0.6 is 0 Å². The summed E-state index contributed by atoms with van der Waals surface area (Å²) in [7, 11) is -1.89. The molecule has 0 bridgehead atoms. The lowest BCUT2D eigenvalue weighted by Gasteiger charge is -2.30. The van der Waals surface area contributed by atoms with Crippen LogP contribution in [0.15, 0.2) is 23.1 Å². The number of piperidine rings is 1. The van der Waals surface area contributed by atoms with Gasteiger partial charge in [-0.25, -0.2) is 8.42 Å². The topological polar surface area (TPSA) is 72.6 Å². The second-order valence-corrected chi connectivity index (χ2v) is 6.80. The fraction of sp³-hybridized carbons (Fsp3) is 0.538. The van der Waals surface area contributed by atoms with E-state index in [2.05, 4.69) is 0 Å². The van der Waals surface area contributed by atoms with Gasteiger partial charge in [0.1, 0.15) is 5.75 Å². The minimum absolute atomic E-state index is 0.0675. The molecule has 1 heterocycles. The lowest BCUT2D eigenvalue weighted by atomic mass is 10.1. The minimum Gasteiger partial charge on any atom is -0.497 e. The Morgan fingerprint density at radius 1 is 1.42 bits per heavy atom. The summed E-state index contributed by atoms with van der Waals surface area (Å²) in [6.45, 7) is 2.72. The van der Waals surface area contributed by atoms with Crippen molar-refractivity contribution in [2.75, 3.05) is 20.2 Å². The largest absolute Gasteiger partial charge is 0.497 e. The van der Waals surface area contributed by atoms with Crippen molar-refractivity contribution in [3.8, 4) is 5.75 Å². The van der Waals surface area contributed by atoms with Crippen molar-refractivity contribution in [2.45, 2.75) is 30.7 Å². The van der Waals surface area contributed by atoms with Crippen LogP contribution in [-0.2, 0) is 10.0 Å². The molecule has 1 aromatic rings. The van der Waals surface area contributed by atoms with Gasteiger partial charge < -0.3 is 10.5 Å². The number of sulfonamides is 1. The molecule has 0 unspecified atom stereocenters. The van der Waals surface area contributed by atoms with Gasteiger partial charge >= 0.3 is 0 Å². The quantitative estimate of drug-likeness (QED) is 0.902. The van der Waals surface area contributed by atoms with E-state index in [1.165, 1.54) is 4.31 Å². The van der Waals surface area contributed by atoms with Gasteiger partial charge in [0.25, 0.3) is 0 Å². The van der Waals surface area contributed by atoms with E-state index in [1.807, 2.05) is 0 Å². The van der Waals surface area contributed by atoms with Crippen molar-refractivity contribution >= 4 is 10.0 Å². The van der Waals surface area contributed by atoms with Crippen molar-refractivity contribution in [2.24, 2.45) is 5.73 Å². The summed E-state index contributed by atoms with van der Waals surface area (Å²) in [6, 6.07) is 4.94. The Labute approximate surface area is 114 Å². The summed E-state index contributed by atoms with van der Waals surface area (Å²) < 4.78 is 31.7. The zero-order valence-electron chi connectivity index (χ0n) is 11.3. The fourth-order valence-electron chi connectivity index (χ4n) is 2.37. The Morgan fingerprint density at radius 2 is 2.16 bits per heavy atom. The highest BCUT2D eigenvalue weighted by molar-refractivity contribution is 7.89. The van der Waals surface area contributed by atoms with Crippen molar-refractivity contribution in [1.29, 1.82) is 0 Å². The van der Waals surface area contributed by atoms with Crippen molar-refractivity contribution in [3.63, 3.8) is 0 Å². The Morgan fingerprint density at radius 3 is 2.74 bits per heavy atom. The number of methoxy groups -OCH3 is 1. The van der Waals surface area contributed by atoms with E-state index < -0.39 is 10.0 Å². The summed E-state index contributed by atoms with van der Waals surface area (Å²) in [4.78, 5) is 0.336. The van der Waals surface area contributed by atoms with Gasteiger partial charge in [0.05, 0.1) is 12.0 Å². The highest BCUT2D eigenvalue weighted by Gasteiger charge is 2.29. The summed E-state index contributed by atoms with van der Waals surface area (Å²) >= 11 is 0. The molecule has 0 spiro atoms. The maximum absolute atomic E-state index is 12.6. The van der Waals surface area contributed by atoms with Gasteiger partial charge in [-0.05, 0) is 43.5 Å². The van der Waals surface area contributed by atoms with Gasteiger partial charge in [0, 0.05) is 19.1 Å². The molecule has 0 saturated carbocycles. The van der Waals surface area contributed by atoms with Crippen LogP contribution in [0.2, 0.25) is 0 Å². The Bertz CT molecular complexity index is 557. The highest BCUT2D eigenvalue weighted by Crippen LogP contribution is 2.25. The van der Waals surface area contributed by atoms with Gasteiger partial charge in [-0.2, -0.15) is 4.31 Å². The molecule has 6 heteroatoms. The Hall–Kier alpha value is -1.11. The number of hydrogen-bond donors (Lipinski definition) is 1. The molecular formula is C13H20N2O3S. The lowest BCUT2D eigenvalue weighted by Crippen LogP contribution is -2.45. The summed E-state index contributed by atoms with van der Waals surface area (Å²) in [6.07, 6.45) is 1.70. The maximum atomic E-state index is 12.6. The molecular weight excluding hydrogens is 264 g/mol. The molecule has 0 amide bonds. The fourth-order valence-corrected chi connectivity index (χ4v) is 4.11. The smallest absolute Gasteiger partial charge is 0.243 e. The first kappa shape index (κ1) is 14.3. The highest BCUT2D eigenvalue weighted by atomic mass is 32.2. The van der Waals surface area contributed by atoms with Crippen LogP contribution in [0, 0.1) is 6.92 Å². The van der Waals surface area contributed by atoms with Crippen LogP contribution in [0.5, 0.6) is 5.75 Å². The monoisotopic (exact) mass is 284 g/mol. The van der Waals surface area contributed by atoms with E-state index in [0.717, 1.165) is 12.8 Å². The molecule has 0 aromatic heterocycles. The summed E-state index contributed by atoms with van der Waals surface area (Å²) in [5.74, 6) is 0.659.